The highest BCUT2D eigenvalue weighted by atomic mass is 16.3. The van der Waals surface area contributed by atoms with Crippen molar-refractivity contribution in [3.8, 4) is 0 Å². The number of imidazole rings is 1. The van der Waals surface area contributed by atoms with E-state index in [0.29, 0.717) is 0 Å². The molecule has 3 rings (SSSR count). The lowest BCUT2D eigenvalue weighted by Crippen LogP contribution is -2.39. The van der Waals surface area contributed by atoms with Crippen LogP contribution in [0.15, 0.2) is 42.7 Å². The van der Waals surface area contributed by atoms with Gasteiger partial charge in [0.25, 0.3) is 0 Å². The van der Waals surface area contributed by atoms with Gasteiger partial charge in [-0.1, -0.05) is 30.3 Å². The fourth-order valence-corrected chi connectivity index (χ4v) is 3.67. The van der Waals surface area contributed by atoms with Gasteiger partial charge in [-0.05, 0) is 44.5 Å². The topological polar surface area (TPSA) is 44.5 Å². The van der Waals surface area contributed by atoms with E-state index >= 15 is 0 Å². The van der Waals surface area contributed by atoms with Crippen LogP contribution in [0.5, 0.6) is 0 Å². The van der Waals surface area contributed by atoms with E-state index in [2.05, 4.69) is 26.4 Å². The Kier molecular flexibility index (Phi) is 6.24. The van der Waals surface area contributed by atoms with Gasteiger partial charge < -0.3 is 14.6 Å². The van der Waals surface area contributed by atoms with Crippen LogP contribution in [0.4, 0.5) is 0 Å². The van der Waals surface area contributed by atoms with Crippen molar-refractivity contribution in [2.45, 2.75) is 25.5 Å². The molecule has 0 aliphatic carbocycles. The second-order valence-corrected chi connectivity index (χ2v) is 7.32. The summed E-state index contributed by atoms with van der Waals surface area (Å²) >= 11 is 0. The lowest BCUT2D eigenvalue weighted by molar-refractivity contribution is 0.0823. The van der Waals surface area contributed by atoms with E-state index in [-0.39, 0.29) is 6.10 Å². The van der Waals surface area contributed by atoms with Crippen LogP contribution in [0.2, 0.25) is 0 Å². The highest BCUT2D eigenvalue weighted by Gasteiger charge is 2.22. The molecular formula is C20H30N4O. The standard InChI is InChI=1S/C20H30N4O/c1-22(16-20-21-10-13-23(20)2)14-17-8-11-24(12-9-17)15-19(25)18-6-4-3-5-7-18/h3-7,10,13,17,19,25H,8-9,11-12,14-16H2,1-2H3/t19-/m0/s1. The highest BCUT2D eigenvalue weighted by molar-refractivity contribution is 5.17. The zero-order chi connectivity index (χ0) is 17.6. The molecule has 2 heterocycles. The van der Waals surface area contributed by atoms with Gasteiger partial charge in [0.05, 0.1) is 12.6 Å². The van der Waals surface area contributed by atoms with Crippen LogP contribution in [0.25, 0.3) is 0 Å². The summed E-state index contributed by atoms with van der Waals surface area (Å²) in [5, 5.41) is 10.4. The first-order valence-corrected chi connectivity index (χ1v) is 9.22. The third-order valence-electron chi connectivity index (χ3n) is 5.22. The average Bonchev–Trinajstić information content (AvgIpc) is 3.02. The molecule has 1 N–H and O–H groups in total. The summed E-state index contributed by atoms with van der Waals surface area (Å²) in [5.74, 6) is 1.85. The number of aromatic nitrogens is 2. The Hall–Kier alpha value is -1.69. The molecule has 2 aromatic rings. The Labute approximate surface area is 150 Å². The number of aryl methyl sites for hydroxylation is 1. The largest absolute Gasteiger partial charge is 0.387 e. The molecule has 0 saturated carbocycles. The van der Waals surface area contributed by atoms with Crippen molar-refractivity contribution >= 4 is 0 Å². The zero-order valence-corrected chi connectivity index (χ0v) is 15.4. The lowest BCUT2D eigenvalue weighted by atomic mass is 9.95. The number of hydrogen-bond acceptors (Lipinski definition) is 4. The van der Waals surface area contributed by atoms with Gasteiger partial charge in [-0.3, -0.25) is 4.90 Å². The van der Waals surface area contributed by atoms with E-state index in [1.165, 1.54) is 12.8 Å². The molecule has 1 atom stereocenters. The summed E-state index contributed by atoms with van der Waals surface area (Å²) in [6, 6.07) is 9.97. The minimum atomic E-state index is -0.385. The molecule has 0 amide bonds. The minimum Gasteiger partial charge on any atom is -0.387 e. The second-order valence-electron chi connectivity index (χ2n) is 7.32. The van der Waals surface area contributed by atoms with Crippen molar-refractivity contribution < 1.29 is 5.11 Å². The molecule has 5 heteroatoms. The SMILES string of the molecule is CN(Cc1nccn1C)CC1CCN(C[C@H](O)c2ccccc2)CC1. The van der Waals surface area contributed by atoms with Crippen LogP contribution in [-0.4, -0.2) is 57.7 Å². The monoisotopic (exact) mass is 342 g/mol. The zero-order valence-electron chi connectivity index (χ0n) is 15.4. The van der Waals surface area contributed by atoms with Crippen molar-refractivity contribution in [3.63, 3.8) is 0 Å². The number of β-amino-alcohol motifs (C(OH)–C–C–N with tert-alkyl or cyclic N) is 1. The number of aliphatic hydroxyl groups is 1. The maximum atomic E-state index is 10.4. The molecule has 1 aromatic carbocycles. The smallest absolute Gasteiger partial charge is 0.122 e. The third-order valence-corrected chi connectivity index (χ3v) is 5.22. The molecule has 25 heavy (non-hydrogen) atoms. The van der Waals surface area contributed by atoms with Crippen LogP contribution in [0.1, 0.15) is 30.3 Å². The molecule has 1 fully saturated rings. The van der Waals surface area contributed by atoms with Gasteiger partial charge in [-0.25, -0.2) is 4.98 Å². The maximum Gasteiger partial charge on any atom is 0.122 e. The van der Waals surface area contributed by atoms with E-state index in [0.717, 1.165) is 50.0 Å². The predicted molar refractivity (Wildman–Crippen MR) is 100 cm³/mol. The van der Waals surface area contributed by atoms with Crippen LogP contribution in [0.3, 0.4) is 0 Å². The fourth-order valence-electron chi connectivity index (χ4n) is 3.67. The molecule has 0 bridgehead atoms. The number of benzene rings is 1. The molecule has 0 unspecified atom stereocenters. The number of aliphatic hydroxyl groups excluding tert-OH is 1. The summed E-state index contributed by atoms with van der Waals surface area (Å²) in [6.45, 7) is 4.90. The van der Waals surface area contributed by atoms with Crippen molar-refractivity contribution in [3.05, 3.63) is 54.1 Å². The van der Waals surface area contributed by atoms with Crippen LogP contribution in [-0.2, 0) is 13.6 Å². The number of hydrogen-bond donors (Lipinski definition) is 1. The maximum absolute atomic E-state index is 10.4. The third kappa shape index (κ3) is 5.14. The van der Waals surface area contributed by atoms with Crippen LogP contribution < -0.4 is 0 Å². The van der Waals surface area contributed by atoms with Gasteiger partial charge >= 0.3 is 0 Å². The van der Waals surface area contributed by atoms with Gasteiger partial charge in [0, 0.05) is 32.5 Å². The minimum absolute atomic E-state index is 0.385. The van der Waals surface area contributed by atoms with Crippen LogP contribution in [0, 0.1) is 5.92 Å². The first kappa shape index (κ1) is 18.1. The summed E-state index contributed by atoms with van der Waals surface area (Å²) in [7, 11) is 4.23. The summed E-state index contributed by atoms with van der Waals surface area (Å²) < 4.78 is 2.09. The lowest BCUT2D eigenvalue weighted by Gasteiger charge is -2.34. The molecule has 1 aromatic heterocycles. The average molecular weight is 342 g/mol. The fraction of sp³-hybridized carbons (Fsp3) is 0.550. The van der Waals surface area contributed by atoms with Crippen molar-refractivity contribution in [2.24, 2.45) is 13.0 Å². The summed E-state index contributed by atoms with van der Waals surface area (Å²) in [4.78, 5) is 9.18. The van der Waals surface area contributed by atoms with Crippen molar-refractivity contribution in [2.75, 3.05) is 33.2 Å². The van der Waals surface area contributed by atoms with Gasteiger partial charge in [0.2, 0.25) is 0 Å². The van der Waals surface area contributed by atoms with Gasteiger partial charge in [-0.15, -0.1) is 0 Å². The highest BCUT2D eigenvalue weighted by Crippen LogP contribution is 2.21. The van der Waals surface area contributed by atoms with E-state index < -0.39 is 0 Å². The number of likely N-dealkylation sites (tertiary alicyclic amines) is 1. The van der Waals surface area contributed by atoms with Crippen molar-refractivity contribution in [1.29, 1.82) is 0 Å². The van der Waals surface area contributed by atoms with Gasteiger partial charge in [0.1, 0.15) is 5.82 Å². The number of nitrogens with zero attached hydrogens (tertiary/aromatic N) is 4. The Bertz CT molecular complexity index is 634. The Morgan fingerprint density at radius 1 is 1.24 bits per heavy atom. The van der Waals surface area contributed by atoms with E-state index in [1.807, 2.05) is 49.8 Å². The molecule has 1 aliphatic heterocycles. The summed E-state index contributed by atoms with van der Waals surface area (Å²) in [6.07, 6.45) is 5.88. The first-order valence-electron chi connectivity index (χ1n) is 9.22. The van der Waals surface area contributed by atoms with E-state index in [1.54, 1.807) is 0 Å². The normalized spacial score (nSPS) is 17.9. The van der Waals surface area contributed by atoms with Gasteiger partial charge in [-0.2, -0.15) is 0 Å². The first-order chi connectivity index (χ1) is 12.1. The van der Waals surface area contributed by atoms with E-state index in [9.17, 15) is 5.11 Å². The molecule has 1 aliphatic rings. The van der Waals surface area contributed by atoms with Crippen LogP contribution >= 0.6 is 0 Å². The number of rotatable bonds is 7. The molecule has 1 saturated heterocycles. The quantitative estimate of drug-likeness (QED) is 0.839. The Morgan fingerprint density at radius 2 is 1.96 bits per heavy atom. The second kappa shape index (κ2) is 8.61. The van der Waals surface area contributed by atoms with Gasteiger partial charge in [0.15, 0.2) is 0 Å². The molecule has 5 nitrogen and oxygen atoms in total. The molecule has 136 valence electrons. The van der Waals surface area contributed by atoms with Crippen molar-refractivity contribution in [1.82, 2.24) is 19.4 Å². The number of piperidine rings is 1. The predicted octanol–water partition coefficient (Wildman–Crippen LogP) is 2.30. The Balaban J connectivity index is 1.40. The van der Waals surface area contributed by atoms with E-state index in [4.69, 9.17) is 0 Å². The Morgan fingerprint density at radius 3 is 2.60 bits per heavy atom. The molecule has 0 radical (unpaired) electrons. The summed E-state index contributed by atoms with van der Waals surface area (Å²) in [5.41, 5.74) is 1.01. The molecule has 0 spiro atoms. The molecular weight excluding hydrogens is 312 g/mol.